The summed E-state index contributed by atoms with van der Waals surface area (Å²) in [6, 6.07) is 0. The van der Waals surface area contributed by atoms with Crippen LogP contribution in [-0.2, 0) is 8.88 Å². The van der Waals surface area contributed by atoms with Gasteiger partial charge in [0.1, 0.15) is 0 Å². The van der Waals surface area contributed by atoms with Crippen molar-refractivity contribution < 1.29 is 13.9 Å². The SMILES string of the molecule is CCCCP(CCCC)(CCCC)(CCCC)OB(O)OP(CCCC)(CCCC)(CCCC)CCCC. The van der Waals surface area contributed by atoms with Gasteiger partial charge in [-0.25, -0.2) is 0 Å². The summed E-state index contributed by atoms with van der Waals surface area (Å²) in [6.45, 7) is 13.3. The Hall–Kier alpha value is 0.805. The molecule has 0 radical (unpaired) electrons. The molecule has 0 aliphatic carbocycles. The number of hydrogen-bond donors (Lipinski definition) is 1. The van der Waals surface area contributed by atoms with Crippen molar-refractivity contribution in [1.29, 1.82) is 0 Å². The van der Waals surface area contributed by atoms with E-state index in [9.17, 15) is 5.02 Å². The zero-order valence-electron chi connectivity index (χ0n) is 27.7. The van der Waals surface area contributed by atoms with Crippen LogP contribution in [0.2, 0.25) is 0 Å². The first-order chi connectivity index (χ1) is 18.2. The maximum atomic E-state index is 12.1. The molecule has 0 aliphatic heterocycles. The van der Waals surface area contributed by atoms with Crippen molar-refractivity contribution in [3.05, 3.63) is 0 Å². The van der Waals surface area contributed by atoms with Crippen molar-refractivity contribution >= 4 is 21.0 Å². The predicted molar refractivity (Wildman–Crippen MR) is 182 cm³/mol. The summed E-state index contributed by atoms with van der Waals surface area (Å²) in [4.78, 5) is 0. The average molecular weight is 579 g/mol. The molecular weight excluding hydrogens is 505 g/mol. The number of rotatable bonds is 28. The van der Waals surface area contributed by atoms with Crippen LogP contribution in [0.25, 0.3) is 0 Å². The monoisotopic (exact) mass is 579 g/mol. The maximum absolute atomic E-state index is 12.1. The molecule has 232 valence electrons. The Morgan fingerprint density at radius 3 is 0.658 bits per heavy atom. The second-order valence-electron chi connectivity index (χ2n) is 12.9. The fourth-order valence-electron chi connectivity index (χ4n) is 6.76. The molecule has 0 unspecified atom stereocenters. The van der Waals surface area contributed by atoms with Gasteiger partial charge in [-0.15, -0.1) is 0 Å². The van der Waals surface area contributed by atoms with Crippen molar-refractivity contribution in [1.82, 2.24) is 0 Å². The Morgan fingerprint density at radius 1 is 0.368 bits per heavy atom. The third kappa shape index (κ3) is 12.8. The summed E-state index contributed by atoms with van der Waals surface area (Å²) >= 11 is 0. The minimum atomic E-state index is -2.61. The van der Waals surface area contributed by atoms with Gasteiger partial charge in [-0.2, -0.15) is 0 Å². The van der Waals surface area contributed by atoms with E-state index in [-0.39, 0.29) is 0 Å². The topological polar surface area (TPSA) is 38.7 Å². The summed E-state index contributed by atoms with van der Waals surface area (Å²) in [5.41, 5.74) is 0. The number of unbranched alkanes of at least 4 members (excludes halogenated alkanes) is 8. The first kappa shape index (κ1) is 38.8. The van der Waals surface area contributed by atoms with E-state index < -0.39 is 21.0 Å². The van der Waals surface area contributed by atoms with Gasteiger partial charge in [0, 0.05) is 0 Å². The Labute approximate surface area is 242 Å². The molecular formula is C32H73BO3P2. The quantitative estimate of drug-likeness (QED) is 0.0741. The third-order valence-corrected chi connectivity index (χ3v) is 22.5. The normalized spacial score (nSPS) is 14.7. The van der Waals surface area contributed by atoms with E-state index in [0.29, 0.717) is 0 Å². The Kier molecular flexibility index (Phi) is 21.1. The summed E-state index contributed by atoms with van der Waals surface area (Å²) in [7, 11) is -1.05. The number of hydrogen-bond acceptors (Lipinski definition) is 3. The van der Waals surface area contributed by atoms with Gasteiger partial charge in [0.2, 0.25) is 0 Å². The van der Waals surface area contributed by atoms with E-state index in [0.717, 1.165) is 0 Å². The van der Waals surface area contributed by atoms with E-state index in [1.165, 1.54) is 152 Å². The van der Waals surface area contributed by atoms with Gasteiger partial charge < -0.3 is 0 Å². The van der Waals surface area contributed by atoms with Gasteiger partial charge in [-0.3, -0.25) is 0 Å². The van der Waals surface area contributed by atoms with Crippen LogP contribution in [-0.4, -0.2) is 61.6 Å². The molecule has 3 nitrogen and oxygen atoms in total. The average Bonchev–Trinajstić information content (AvgIpc) is 2.93. The van der Waals surface area contributed by atoms with E-state index >= 15 is 0 Å². The van der Waals surface area contributed by atoms with Crippen LogP contribution in [0.4, 0.5) is 0 Å². The second kappa shape index (κ2) is 20.6. The molecule has 38 heavy (non-hydrogen) atoms. The van der Waals surface area contributed by atoms with Crippen molar-refractivity contribution in [3.63, 3.8) is 0 Å². The van der Waals surface area contributed by atoms with Crippen molar-refractivity contribution in [2.45, 2.75) is 158 Å². The fourth-order valence-corrected chi connectivity index (χ4v) is 20.4. The molecule has 0 spiro atoms. The van der Waals surface area contributed by atoms with Crippen LogP contribution < -0.4 is 0 Å². The molecule has 0 saturated carbocycles. The predicted octanol–water partition coefficient (Wildman–Crippen LogP) is 11.3. The molecule has 0 amide bonds. The van der Waals surface area contributed by atoms with Gasteiger partial charge in [0.15, 0.2) is 0 Å². The minimum absolute atomic E-state index is 1.05. The van der Waals surface area contributed by atoms with Gasteiger partial charge in [-0.05, 0) is 0 Å². The zero-order valence-corrected chi connectivity index (χ0v) is 29.5. The zero-order chi connectivity index (χ0) is 28.9. The Balaban J connectivity index is 6.73. The van der Waals surface area contributed by atoms with E-state index in [1.807, 2.05) is 0 Å². The molecule has 6 heteroatoms. The van der Waals surface area contributed by atoms with Crippen LogP contribution in [0.3, 0.4) is 0 Å². The Morgan fingerprint density at radius 2 is 0.526 bits per heavy atom. The first-order valence-electron chi connectivity index (χ1n) is 17.3. The van der Waals surface area contributed by atoms with Gasteiger partial charge in [-0.1, -0.05) is 0 Å². The first-order valence-corrected chi connectivity index (χ1v) is 23.1. The molecule has 0 aromatic carbocycles. The summed E-state index contributed by atoms with van der Waals surface area (Å²) in [6.07, 6.45) is 28.6. The van der Waals surface area contributed by atoms with Gasteiger partial charge in [0.25, 0.3) is 0 Å². The molecule has 0 aliphatic rings. The Bertz CT molecular complexity index is 440. The summed E-state index contributed by atoms with van der Waals surface area (Å²) < 4.78 is 14.7. The molecule has 0 aromatic heterocycles. The van der Waals surface area contributed by atoms with Gasteiger partial charge >= 0.3 is 242 Å². The fraction of sp³-hybridized carbons (Fsp3) is 1.00. The van der Waals surface area contributed by atoms with Crippen LogP contribution in [0, 0.1) is 0 Å². The molecule has 0 atom stereocenters. The standard InChI is InChI=1S/C32H73BO3P2/c1-9-17-25-37(26-18-10-2,27-19-11-3,28-20-12-4)35-33(34)36-38(29-21-13-5,30-22-14-6,31-23-15-7)32-24-16-8/h34H,9-32H2,1-8H3. The van der Waals surface area contributed by atoms with Crippen molar-refractivity contribution in [2.24, 2.45) is 0 Å². The summed E-state index contributed by atoms with van der Waals surface area (Å²) in [5.74, 6) is 0. The van der Waals surface area contributed by atoms with Crippen molar-refractivity contribution in [2.75, 3.05) is 49.3 Å². The van der Waals surface area contributed by atoms with E-state index in [4.69, 9.17) is 8.88 Å². The molecule has 0 aromatic rings. The van der Waals surface area contributed by atoms with Crippen LogP contribution in [0.1, 0.15) is 158 Å². The molecule has 0 saturated heterocycles. The molecule has 0 fully saturated rings. The van der Waals surface area contributed by atoms with Crippen LogP contribution >= 0.6 is 13.7 Å². The van der Waals surface area contributed by atoms with Crippen LogP contribution in [0.15, 0.2) is 0 Å². The van der Waals surface area contributed by atoms with Crippen LogP contribution in [0.5, 0.6) is 0 Å². The van der Waals surface area contributed by atoms with E-state index in [2.05, 4.69) is 55.4 Å². The van der Waals surface area contributed by atoms with E-state index in [1.54, 1.807) is 0 Å². The second-order valence-corrected chi connectivity index (χ2v) is 24.3. The van der Waals surface area contributed by atoms with Crippen molar-refractivity contribution in [3.8, 4) is 0 Å². The molecule has 0 bridgehead atoms. The molecule has 1 N–H and O–H groups in total. The third-order valence-electron chi connectivity index (χ3n) is 9.40. The molecule has 0 heterocycles. The summed E-state index contributed by atoms with van der Waals surface area (Å²) in [5, 5.41) is 12.1. The van der Waals surface area contributed by atoms with Gasteiger partial charge in [0.05, 0.1) is 0 Å². The molecule has 0 rings (SSSR count).